The molecule has 0 spiro atoms. The van der Waals surface area contributed by atoms with Crippen molar-refractivity contribution in [2.45, 2.75) is 46.0 Å². The lowest BCUT2D eigenvalue weighted by molar-refractivity contribution is 0.0977. The molecule has 0 aliphatic heterocycles. The van der Waals surface area contributed by atoms with Gasteiger partial charge in [-0.05, 0) is 85.1 Å². The van der Waals surface area contributed by atoms with E-state index in [9.17, 15) is 4.79 Å². The first-order valence-corrected chi connectivity index (χ1v) is 12.7. The summed E-state index contributed by atoms with van der Waals surface area (Å²) < 4.78 is 11.7. The van der Waals surface area contributed by atoms with Gasteiger partial charge in [-0.2, -0.15) is 0 Å². The zero-order chi connectivity index (χ0) is 25.5. The lowest BCUT2D eigenvalue weighted by Gasteiger charge is -2.11. The van der Waals surface area contributed by atoms with E-state index in [2.05, 4.69) is 43.5 Å². The summed E-state index contributed by atoms with van der Waals surface area (Å²) in [6.07, 6.45) is 3.08. The molecule has 0 aliphatic carbocycles. The number of oxazole rings is 1. The number of nitrogens with one attached hydrogen (secondary N) is 2. The van der Waals surface area contributed by atoms with E-state index in [-0.39, 0.29) is 11.0 Å². The van der Waals surface area contributed by atoms with Gasteiger partial charge in [0, 0.05) is 16.8 Å². The summed E-state index contributed by atoms with van der Waals surface area (Å²) in [7, 11) is 0. The molecule has 2 N–H and O–H groups in total. The molecule has 0 saturated carbocycles. The monoisotopic (exact) mass is 501 g/mol. The number of carbonyl (C=O) groups excluding carboxylic acids is 1. The first-order valence-electron chi connectivity index (χ1n) is 12.3. The molecule has 36 heavy (non-hydrogen) atoms. The molecule has 0 fully saturated rings. The van der Waals surface area contributed by atoms with Crippen molar-refractivity contribution in [1.29, 1.82) is 0 Å². The minimum atomic E-state index is -0.305. The number of hydrogen-bond donors (Lipinski definition) is 2. The Hall–Kier alpha value is -3.71. The van der Waals surface area contributed by atoms with Crippen LogP contribution in [0, 0.1) is 0 Å². The van der Waals surface area contributed by atoms with Gasteiger partial charge in [0.05, 0.1) is 6.61 Å². The minimum absolute atomic E-state index is 0.199. The van der Waals surface area contributed by atoms with Crippen molar-refractivity contribution in [1.82, 2.24) is 10.3 Å². The first-order chi connectivity index (χ1) is 17.5. The quantitative estimate of drug-likeness (QED) is 0.185. The third-order valence-electron chi connectivity index (χ3n) is 6.05. The number of carbonyl (C=O) groups is 1. The fourth-order valence-electron chi connectivity index (χ4n) is 3.74. The zero-order valence-electron chi connectivity index (χ0n) is 20.8. The second kappa shape index (κ2) is 11.8. The van der Waals surface area contributed by atoms with Crippen LogP contribution in [-0.4, -0.2) is 22.6 Å². The Morgan fingerprint density at radius 3 is 2.72 bits per heavy atom. The van der Waals surface area contributed by atoms with Crippen molar-refractivity contribution >= 4 is 40.0 Å². The molecule has 4 aromatic rings. The molecular weight excluding hydrogens is 470 g/mol. The summed E-state index contributed by atoms with van der Waals surface area (Å²) in [5.41, 5.74) is 4.85. The number of fused-ring (bicyclic) bond motifs is 1. The molecule has 7 heteroatoms. The van der Waals surface area contributed by atoms with Crippen LogP contribution >= 0.6 is 12.2 Å². The number of aromatic nitrogens is 1. The van der Waals surface area contributed by atoms with E-state index in [0.717, 1.165) is 41.6 Å². The summed E-state index contributed by atoms with van der Waals surface area (Å²) in [5, 5.41) is 6.00. The number of nitrogens with zero attached hydrogens (tertiary/aromatic N) is 1. The van der Waals surface area contributed by atoms with Gasteiger partial charge in [-0.15, -0.1) is 0 Å². The normalized spacial score (nSPS) is 11.8. The van der Waals surface area contributed by atoms with Gasteiger partial charge in [-0.3, -0.25) is 10.1 Å². The third-order valence-corrected chi connectivity index (χ3v) is 6.25. The van der Waals surface area contributed by atoms with Crippen LogP contribution in [0.15, 0.2) is 71.1 Å². The molecular formula is C29H31N3O3S. The van der Waals surface area contributed by atoms with Crippen LogP contribution in [0.25, 0.3) is 22.6 Å². The number of ether oxygens (including phenoxy) is 1. The summed E-state index contributed by atoms with van der Waals surface area (Å²) >= 11 is 5.38. The second-order valence-electron chi connectivity index (χ2n) is 8.77. The second-order valence-corrected chi connectivity index (χ2v) is 9.18. The summed E-state index contributed by atoms with van der Waals surface area (Å²) in [5.74, 6) is 1.36. The van der Waals surface area contributed by atoms with Gasteiger partial charge in [-0.1, -0.05) is 45.4 Å². The van der Waals surface area contributed by atoms with E-state index >= 15 is 0 Å². The maximum atomic E-state index is 12.7. The predicted molar refractivity (Wildman–Crippen MR) is 149 cm³/mol. The van der Waals surface area contributed by atoms with E-state index in [1.165, 1.54) is 5.56 Å². The molecule has 1 aromatic heterocycles. The average Bonchev–Trinajstić information content (AvgIpc) is 3.32. The van der Waals surface area contributed by atoms with Crippen molar-refractivity contribution in [3.8, 4) is 17.2 Å². The van der Waals surface area contributed by atoms with E-state index < -0.39 is 0 Å². The van der Waals surface area contributed by atoms with E-state index in [1.807, 2.05) is 36.4 Å². The molecule has 0 aliphatic rings. The van der Waals surface area contributed by atoms with Gasteiger partial charge < -0.3 is 14.5 Å². The molecule has 1 amide bonds. The van der Waals surface area contributed by atoms with Gasteiger partial charge in [0.15, 0.2) is 10.7 Å². The molecule has 0 radical (unpaired) electrons. The molecule has 0 unspecified atom stereocenters. The highest BCUT2D eigenvalue weighted by molar-refractivity contribution is 7.80. The molecule has 4 rings (SSSR count). The van der Waals surface area contributed by atoms with E-state index in [4.69, 9.17) is 26.4 Å². The zero-order valence-corrected chi connectivity index (χ0v) is 21.7. The van der Waals surface area contributed by atoms with Crippen LogP contribution in [0.2, 0.25) is 0 Å². The smallest absolute Gasteiger partial charge is 0.257 e. The Balaban J connectivity index is 1.42. The highest BCUT2D eigenvalue weighted by Gasteiger charge is 2.13. The van der Waals surface area contributed by atoms with Gasteiger partial charge in [-0.25, -0.2) is 4.98 Å². The fraction of sp³-hybridized carbons (Fsp3) is 0.276. The molecule has 1 heterocycles. The van der Waals surface area contributed by atoms with Gasteiger partial charge in [0.25, 0.3) is 5.91 Å². The number of rotatable bonds is 9. The third kappa shape index (κ3) is 6.29. The van der Waals surface area contributed by atoms with Gasteiger partial charge in [0.2, 0.25) is 5.89 Å². The Labute approximate surface area is 217 Å². The topological polar surface area (TPSA) is 76.4 Å². The van der Waals surface area contributed by atoms with E-state index in [0.29, 0.717) is 29.7 Å². The largest absolute Gasteiger partial charge is 0.494 e. The molecule has 3 aromatic carbocycles. The number of benzene rings is 3. The van der Waals surface area contributed by atoms with Crippen molar-refractivity contribution in [2.75, 3.05) is 11.9 Å². The standard InChI is InChI=1S/C29H31N3O3S/c1-4-6-15-34-24-12-8-9-21(17-24)27(33)32-29(36)30-23-11-7-10-22(16-23)28-31-25-18-20(19(3)5-2)13-14-26(25)35-28/h7-14,16-19H,4-6,15H2,1-3H3,(H2,30,32,33,36)/t19-/m1/s1. The van der Waals surface area contributed by atoms with Gasteiger partial charge >= 0.3 is 0 Å². The number of anilines is 1. The average molecular weight is 502 g/mol. The first kappa shape index (κ1) is 25.4. The fourth-order valence-corrected chi connectivity index (χ4v) is 3.95. The van der Waals surface area contributed by atoms with Crippen LogP contribution in [0.3, 0.4) is 0 Å². The Kier molecular flexibility index (Phi) is 8.33. The summed E-state index contributed by atoms with van der Waals surface area (Å²) in [4.78, 5) is 17.4. The maximum absolute atomic E-state index is 12.7. The van der Waals surface area contributed by atoms with Crippen LogP contribution in [-0.2, 0) is 0 Å². The minimum Gasteiger partial charge on any atom is -0.494 e. The van der Waals surface area contributed by atoms with Crippen LogP contribution in [0.5, 0.6) is 5.75 Å². The van der Waals surface area contributed by atoms with Gasteiger partial charge in [0.1, 0.15) is 11.3 Å². The SMILES string of the molecule is CCCCOc1cccc(C(=O)NC(=S)Nc2cccc(-c3nc4cc([C@H](C)CC)ccc4o3)c2)c1. The number of hydrogen-bond acceptors (Lipinski definition) is 5. The van der Waals surface area contributed by atoms with Crippen molar-refractivity contribution in [3.63, 3.8) is 0 Å². The molecule has 0 bridgehead atoms. The lowest BCUT2D eigenvalue weighted by Crippen LogP contribution is -2.34. The lowest BCUT2D eigenvalue weighted by atomic mass is 9.98. The van der Waals surface area contributed by atoms with Crippen molar-refractivity contribution < 1.29 is 13.9 Å². The highest BCUT2D eigenvalue weighted by atomic mass is 32.1. The van der Waals surface area contributed by atoms with Crippen molar-refractivity contribution in [2.24, 2.45) is 0 Å². The predicted octanol–water partition coefficient (Wildman–Crippen LogP) is 7.31. The molecule has 186 valence electrons. The van der Waals surface area contributed by atoms with E-state index in [1.54, 1.807) is 18.2 Å². The van der Waals surface area contributed by atoms with Crippen LogP contribution in [0.4, 0.5) is 5.69 Å². The molecule has 0 saturated heterocycles. The Bertz CT molecular complexity index is 1360. The highest BCUT2D eigenvalue weighted by Crippen LogP contribution is 2.29. The Morgan fingerprint density at radius 2 is 1.92 bits per heavy atom. The number of thiocarbonyl (C=S) groups is 1. The summed E-state index contributed by atoms with van der Waals surface area (Å²) in [6, 6.07) is 20.8. The summed E-state index contributed by atoms with van der Waals surface area (Å²) in [6.45, 7) is 7.11. The van der Waals surface area contributed by atoms with Crippen LogP contribution in [0.1, 0.15) is 61.9 Å². The molecule has 6 nitrogen and oxygen atoms in total. The van der Waals surface area contributed by atoms with Crippen molar-refractivity contribution in [3.05, 3.63) is 77.9 Å². The molecule has 1 atom stereocenters. The Morgan fingerprint density at radius 1 is 1.08 bits per heavy atom. The maximum Gasteiger partial charge on any atom is 0.257 e. The number of amides is 1. The number of unbranched alkanes of at least 4 members (excludes halogenated alkanes) is 1. The van der Waals surface area contributed by atoms with Crippen LogP contribution < -0.4 is 15.4 Å².